The van der Waals surface area contributed by atoms with Crippen LogP contribution in [0.5, 0.6) is 0 Å². The molecular formula is C10H12F6O3. The zero-order chi connectivity index (χ0) is 15.6. The molecule has 1 atom stereocenters. The van der Waals surface area contributed by atoms with Gasteiger partial charge in [0.2, 0.25) is 0 Å². The molecule has 112 valence electrons. The standard InChI is InChI=1S/C10H12F6O3/c1-5(3-6(2)7(17)18)4-8(19,9(11,12)13)10(14,15)16/h3,5,19H,4H2,1-2H3,(H,17,18). The predicted octanol–water partition coefficient (Wildman–Crippen LogP) is 2.90. The largest absolute Gasteiger partial charge is 0.478 e. The van der Waals surface area contributed by atoms with Gasteiger partial charge >= 0.3 is 18.3 Å². The van der Waals surface area contributed by atoms with Gasteiger partial charge in [-0.15, -0.1) is 0 Å². The molecule has 2 N–H and O–H groups in total. The Morgan fingerprint density at radius 1 is 1.16 bits per heavy atom. The molecule has 19 heavy (non-hydrogen) atoms. The summed E-state index contributed by atoms with van der Waals surface area (Å²) >= 11 is 0. The lowest BCUT2D eigenvalue weighted by atomic mass is 9.89. The Balaban J connectivity index is 5.29. The van der Waals surface area contributed by atoms with E-state index in [9.17, 15) is 31.1 Å². The van der Waals surface area contributed by atoms with Crippen LogP contribution in [0.4, 0.5) is 26.3 Å². The Morgan fingerprint density at radius 2 is 1.53 bits per heavy atom. The van der Waals surface area contributed by atoms with Gasteiger partial charge in [0.15, 0.2) is 0 Å². The van der Waals surface area contributed by atoms with Crippen molar-refractivity contribution in [2.45, 2.75) is 38.2 Å². The molecule has 0 spiro atoms. The van der Waals surface area contributed by atoms with E-state index >= 15 is 0 Å². The summed E-state index contributed by atoms with van der Waals surface area (Å²) in [5.74, 6) is -2.89. The van der Waals surface area contributed by atoms with Gasteiger partial charge in [-0.2, -0.15) is 26.3 Å². The van der Waals surface area contributed by atoms with E-state index in [1.165, 1.54) is 0 Å². The van der Waals surface area contributed by atoms with E-state index < -0.39 is 41.8 Å². The molecule has 0 aliphatic heterocycles. The number of aliphatic hydroxyl groups is 1. The molecule has 0 saturated heterocycles. The smallest absolute Gasteiger partial charge is 0.426 e. The number of carboxylic acid groups (broad SMARTS) is 1. The molecule has 0 fully saturated rings. The predicted molar refractivity (Wildman–Crippen MR) is 52.2 cm³/mol. The molecule has 0 aromatic heterocycles. The van der Waals surface area contributed by atoms with E-state index in [-0.39, 0.29) is 0 Å². The van der Waals surface area contributed by atoms with E-state index in [4.69, 9.17) is 10.2 Å². The summed E-state index contributed by atoms with van der Waals surface area (Å²) < 4.78 is 74.1. The summed E-state index contributed by atoms with van der Waals surface area (Å²) in [7, 11) is 0. The van der Waals surface area contributed by atoms with Crippen LogP contribution < -0.4 is 0 Å². The Kier molecular flexibility index (Phi) is 5.04. The number of carbonyl (C=O) groups is 1. The SMILES string of the molecule is CC(=CC(C)CC(O)(C(F)(F)F)C(F)(F)F)C(=O)O. The highest BCUT2D eigenvalue weighted by atomic mass is 19.4. The number of halogens is 6. The van der Waals surface area contributed by atoms with Gasteiger partial charge in [-0.25, -0.2) is 4.79 Å². The molecule has 0 amide bonds. The van der Waals surface area contributed by atoms with Gasteiger partial charge in [0.05, 0.1) is 0 Å². The van der Waals surface area contributed by atoms with Crippen molar-refractivity contribution in [2.24, 2.45) is 5.92 Å². The van der Waals surface area contributed by atoms with Gasteiger partial charge < -0.3 is 10.2 Å². The van der Waals surface area contributed by atoms with Gasteiger partial charge in [0.25, 0.3) is 5.60 Å². The summed E-state index contributed by atoms with van der Waals surface area (Å²) in [6, 6.07) is 0. The Labute approximate surface area is 104 Å². The van der Waals surface area contributed by atoms with Crippen molar-refractivity contribution >= 4 is 5.97 Å². The van der Waals surface area contributed by atoms with Crippen LogP contribution in [0, 0.1) is 5.92 Å². The zero-order valence-electron chi connectivity index (χ0n) is 9.93. The number of alkyl halides is 6. The Hall–Kier alpha value is -1.25. The highest BCUT2D eigenvalue weighted by Gasteiger charge is 2.70. The van der Waals surface area contributed by atoms with Gasteiger partial charge in [0.1, 0.15) is 0 Å². The van der Waals surface area contributed by atoms with Gasteiger partial charge in [-0.1, -0.05) is 13.0 Å². The van der Waals surface area contributed by atoms with E-state index in [0.717, 1.165) is 19.9 Å². The van der Waals surface area contributed by atoms with E-state index in [1.807, 2.05) is 0 Å². The highest BCUT2D eigenvalue weighted by Crippen LogP contribution is 2.46. The van der Waals surface area contributed by atoms with E-state index in [2.05, 4.69) is 0 Å². The van der Waals surface area contributed by atoms with Crippen LogP contribution >= 0.6 is 0 Å². The molecule has 0 bridgehead atoms. The maximum atomic E-state index is 12.3. The number of aliphatic carboxylic acids is 1. The summed E-state index contributed by atoms with van der Waals surface area (Å²) in [4.78, 5) is 10.4. The second-order valence-corrected chi connectivity index (χ2v) is 4.19. The van der Waals surface area contributed by atoms with Crippen molar-refractivity contribution in [3.63, 3.8) is 0 Å². The third-order valence-corrected chi connectivity index (χ3v) is 2.43. The second kappa shape index (κ2) is 5.40. The quantitative estimate of drug-likeness (QED) is 0.619. The lowest BCUT2D eigenvalue weighted by Crippen LogP contribution is -2.57. The maximum absolute atomic E-state index is 12.3. The number of hydrogen-bond donors (Lipinski definition) is 2. The van der Waals surface area contributed by atoms with Crippen molar-refractivity contribution in [2.75, 3.05) is 0 Å². The maximum Gasteiger partial charge on any atom is 0.426 e. The van der Waals surface area contributed by atoms with Crippen LogP contribution in [0.3, 0.4) is 0 Å². The lowest BCUT2D eigenvalue weighted by Gasteiger charge is -2.33. The molecule has 3 nitrogen and oxygen atoms in total. The lowest BCUT2D eigenvalue weighted by molar-refractivity contribution is -0.371. The topological polar surface area (TPSA) is 57.5 Å². The minimum absolute atomic E-state index is 0.404. The van der Waals surface area contributed by atoms with Crippen LogP contribution in [0.2, 0.25) is 0 Å². The van der Waals surface area contributed by atoms with Gasteiger partial charge in [0, 0.05) is 12.0 Å². The van der Waals surface area contributed by atoms with Crippen LogP contribution in [0.15, 0.2) is 11.6 Å². The monoisotopic (exact) mass is 294 g/mol. The fraction of sp³-hybridized carbons (Fsp3) is 0.700. The number of carboxylic acids is 1. The summed E-state index contributed by atoms with van der Waals surface area (Å²) in [5, 5.41) is 17.4. The first-order valence-electron chi connectivity index (χ1n) is 5.00. The molecule has 0 rings (SSSR count). The van der Waals surface area contributed by atoms with Crippen LogP contribution in [-0.4, -0.2) is 34.1 Å². The fourth-order valence-electron chi connectivity index (χ4n) is 1.42. The molecule has 0 aromatic rings. The first-order valence-corrected chi connectivity index (χ1v) is 5.00. The van der Waals surface area contributed by atoms with E-state index in [0.29, 0.717) is 0 Å². The van der Waals surface area contributed by atoms with Crippen molar-refractivity contribution in [3.8, 4) is 0 Å². The van der Waals surface area contributed by atoms with Crippen molar-refractivity contribution < 1.29 is 41.4 Å². The molecule has 0 aliphatic carbocycles. The number of rotatable bonds is 4. The van der Waals surface area contributed by atoms with Crippen LogP contribution in [0.1, 0.15) is 20.3 Å². The minimum Gasteiger partial charge on any atom is -0.478 e. The molecule has 9 heteroatoms. The third-order valence-electron chi connectivity index (χ3n) is 2.43. The normalized spacial score (nSPS) is 16.4. The van der Waals surface area contributed by atoms with Gasteiger partial charge in [-0.05, 0) is 12.8 Å². The molecule has 0 radical (unpaired) electrons. The number of hydrogen-bond acceptors (Lipinski definition) is 2. The molecule has 0 aromatic carbocycles. The zero-order valence-corrected chi connectivity index (χ0v) is 9.93. The third kappa shape index (κ3) is 4.12. The molecular weight excluding hydrogens is 282 g/mol. The molecule has 1 unspecified atom stereocenters. The average molecular weight is 294 g/mol. The second-order valence-electron chi connectivity index (χ2n) is 4.19. The Bertz CT molecular complexity index is 354. The summed E-state index contributed by atoms with van der Waals surface area (Å²) in [5.41, 5.74) is -5.27. The fourth-order valence-corrected chi connectivity index (χ4v) is 1.42. The van der Waals surface area contributed by atoms with Gasteiger partial charge in [-0.3, -0.25) is 0 Å². The van der Waals surface area contributed by atoms with E-state index in [1.54, 1.807) is 0 Å². The molecule has 0 aliphatic rings. The van der Waals surface area contributed by atoms with Crippen LogP contribution in [0.25, 0.3) is 0 Å². The minimum atomic E-state index is -5.90. The first-order chi connectivity index (χ1) is 8.22. The molecule has 0 saturated carbocycles. The first kappa shape index (κ1) is 17.8. The molecule has 0 heterocycles. The Morgan fingerprint density at radius 3 is 1.79 bits per heavy atom. The van der Waals surface area contributed by atoms with Crippen LogP contribution in [-0.2, 0) is 4.79 Å². The van der Waals surface area contributed by atoms with Crippen molar-refractivity contribution in [1.82, 2.24) is 0 Å². The summed E-state index contributed by atoms with van der Waals surface area (Å²) in [6.07, 6.45) is -12.8. The average Bonchev–Trinajstić information content (AvgIpc) is 2.13. The van der Waals surface area contributed by atoms with Crippen molar-refractivity contribution in [3.05, 3.63) is 11.6 Å². The number of allylic oxidation sites excluding steroid dienone is 1. The summed E-state index contributed by atoms with van der Waals surface area (Å²) in [6.45, 7) is 1.98. The van der Waals surface area contributed by atoms with Crippen molar-refractivity contribution in [1.29, 1.82) is 0 Å². The highest BCUT2D eigenvalue weighted by molar-refractivity contribution is 5.85.